The topological polar surface area (TPSA) is 64.4 Å². The second-order valence-electron chi connectivity index (χ2n) is 5.25. The van der Waals surface area contributed by atoms with Crippen molar-refractivity contribution < 1.29 is 9.53 Å². The summed E-state index contributed by atoms with van der Waals surface area (Å²) in [5.74, 6) is -0.415. The van der Waals surface area contributed by atoms with Crippen molar-refractivity contribution >= 4 is 52.5 Å². The number of pyridine rings is 1. The van der Waals surface area contributed by atoms with Crippen molar-refractivity contribution in [2.75, 3.05) is 0 Å². The summed E-state index contributed by atoms with van der Waals surface area (Å²) in [6, 6.07) is 10.5. The molecular formula is C18H9Cl2N3O2S. The summed E-state index contributed by atoms with van der Waals surface area (Å²) < 4.78 is 5.22. The summed E-state index contributed by atoms with van der Waals surface area (Å²) in [6.07, 6.45) is 3.28. The second-order valence-corrected chi connectivity index (χ2v) is 6.95. The number of rotatable bonds is 3. The number of hydrogen-bond donors (Lipinski definition) is 0. The minimum absolute atomic E-state index is 0.142. The van der Waals surface area contributed by atoms with Gasteiger partial charge in [-0.3, -0.25) is 4.98 Å². The van der Waals surface area contributed by atoms with Crippen molar-refractivity contribution in [3.8, 4) is 10.7 Å². The van der Waals surface area contributed by atoms with E-state index < -0.39 is 5.97 Å². The van der Waals surface area contributed by atoms with Gasteiger partial charge in [-0.05, 0) is 36.4 Å². The quantitative estimate of drug-likeness (QED) is 0.464. The van der Waals surface area contributed by atoms with Crippen molar-refractivity contribution in [2.24, 2.45) is 4.99 Å². The molecule has 1 aliphatic heterocycles. The summed E-state index contributed by atoms with van der Waals surface area (Å²) in [6.45, 7) is 0. The van der Waals surface area contributed by atoms with Gasteiger partial charge in [0, 0.05) is 16.6 Å². The van der Waals surface area contributed by atoms with Gasteiger partial charge in [-0.15, -0.1) is 11.3 Å². The van der Waals surface area contributed by atoms with E-state index >= 15 is 0 Å². The molecular weight excluding hydrogens is 393 g/mol. The lowest BCUT2D eigenvalue weighted by Gasteiger charge is -2.02. The number of cyclic esters (lactones) is 1. The molecule has 0 radical (unpaired) electrons. The molecule has 8 heteroatoms. The first-order valence-corrected chi connectivity index (χ1v) is 9.08. The van der Waals surface area contributed by atoms with Gasteiger partial charge in [0.25, 0.3) is 0 Å². The maximum Gasteiger partial charge on any atom is 0.363 e. The van der Waals surface area contributed by atoms with Crippen molar-refractivity contribution in [1.29, 1.82) is 0 Å². The zero-order valence-electron chi connectivity index (χ0n) is 13.0. The molecule has 0 amide bonds. The number of benzene rings is 1. The fraction of sp³-hybridized carbons (Fsp3) is 0. The number of hydrogen-bond acceptors (Lipinski definition) is 6. The first kappa shape index (κ1) is 16.9. The summed E-state index contributed by atoms with van der Waals surface area (Å²) >= 11 is 13.5. The number of thiazole rings is 1. The molecule has 0 N–H and O–H groups in total. The normalized spacial score (nSPS) is 15.2. The van der Waals surface area contributed by atoms with Gasteiger partial charge in [0.2, 0.25) is 5.90 Å². The van der Waals surface area contributed by atoms with Crippen LogP contribution in [0.1, 0.15) is 11.3 Å². The molecule has 0 fully saturated rings. The Hall–Kier alpha value is -2.54. The van der Waals surface area contributed by atoms with Crippen LogP contribution in [0.2, 0.25) is 10.0 Å². The first-order chi connectivity index (χ1) is 12.6. The maximum atomic E-state index is 12.1. The van der Waals surface area contributed by atoms with Crippen LogP contribution in [0.15, 0.2) is 58.7 Å². The van der Waals surface area contributed by atoms with Crippen LogP contribution in [0.25, 0.3) is 16.8 Å². The van der Waals surface area contributed by atoms with Gasteiger partial charge in [-0.1, -0.05) is 29.3 Å². The monoisotopic (exact) mass is 401 g/mol. The number of halogens is 2. The van der Waals surface area contributed by atoms with Crippen LogP contribution in [-0.2, 0) is 9.53 Å². The average Bonchev–Trinajstić information content (AvgIpc) is 3.23. The molecule has 0 saturated carbocycles. The fourth-order valence-electron chi connectivity index (χ4n) is 2.29. The molecule has 3 aromatic rings. The number of carbonyl (C=O) groups excluding carboxylic acids is 1. The maximum absolute atomic E-state index is 12.1. The third-order valence-electron chi connectivity index (χ3n) is 3.47. The highest BCUT2D eigenvalue weighted by molar-refractivity contribution is 7.13. The molecule has 1 aromatic carbocycles. The van der Waals surface area contributed by atoms with Gasteiger partial charge in [0.05, 0.1) is 22.0 Å². The Bertz CT molecular complexity index is 1060. The molecule has 2 aromatic heterocycles. The van der Waals surface area contributed by atoms with Crippen molar-refractivity contribution in [3.63, 3.8) is 0 Å². The molecule has 26 heavy (non-hydrogen) atoms. The number of aliphatic imine (C=N–C) groups is 1. The van der Waals surface area contributed by atoms with E-state index in [-0.39, 0.29) is 11.6 Å². The lowest BCUT2D eigenvalue weighted by molar-refractivity contribution is -0.129. The molecule has 0 spiro atoms. The van der Waals surface area contributed by atoms with E-state index in [0.29, 0.717) is 21.3 Å². The molecule has 3 heterocycles. The lowest BCUT2D eigenvalue weighted by Crippen LogP contribution is -2.05. The summed E-state index contributed by atoms with van der Waals surface area (Å²) in [5.41, 5.74) is 2.03. The highest BCUT2D eigenvalue weighted by Crippen LogP contribution is 2.27. The summed E-state index contributed by atoms with van der Waals surface area (Å²) in [5, 5.41) is 3.43. The molecule has 5 nitrogen and oxygen atoms in total. The van der Waals surface area contributed by atoms with Crippen LogP contribution in [-0.4, -0.2) is 21.8 Å². The SMILES string of the molecule is O=C1OC(c2ccc(Cl)cc2Cl)=N/C1=C\c1csc(-c2ccccn2)n1. The van der Waals surface area contributed by atoms with E-state index in [1.165, 1.54) is 11.3 Å². The van der Waals surface area contributed by atoms with Crippen LogP contribution in [0.3, 0.4) is 0 Å². The zero-order chi connectivity index (χ0) is 18.1. The Balaban J connectivity index is 1.64. The minimum atomic E-state index is -0.557. The molecule has 0 unspecified atom stereocenters. The smallest absolute Gasteiger partial charge is 0.363 e. The Morgan fingerprint density at radius 2 is 2.04 bits per heavy atom. The molecule has 1 aliphatic rings. The van der Waals surface area contributed by atoms with E-state index in [4.69, 9.17) is 27.9 Å². The van der Waals surface area contributed by atoms with E-state index in [9.17, 15) is 4.79 Å². The number of esters is 1. The largest absolute Gasteiger partial charge is 0.402 e. The Morgan fingerprint density at radius 1 is 1.15 bits per heavy atom. The fourth-order valence-corrected chi connectivity index (χ4v) is 3.53. The molecule has 4 rings (SSSR count). The third kappa shape index (κ3) is 3.39. The van der Waals surface area contributed by atoms with E-state index in [1.54, 1.807) is 30.5 Å². The van der Waals surface area contributed by atoms with Gasteiger partial charge in [0.15, 0.2) is 5.70 Å². The highest BCUT2D eigenvalue weighted by atomic mass is 35.5. The number of nitrogens with zero attached hydrogens (tertiary/aromatic N) is 3. The molecule has 0 saturated heterocycles. The Kier molecular flexibility index (Phi) is 4.55. The number of ether oxygens (including phenoxy) is 1. The standard InChI is InChI=1S/C18H9Cl2N3O2S/c19-10-4-5-12(13(20)7-10)16-23-15(18(24)25-16)8-11-9-26-17(22-11)14-3-1-2-6-21-14/h1-9H/b15-8-. The van der Waals surface area contributed by atoms with E-state index in [2.05, 4.69) is 15.0 Å². The average molecular weight is 402 g/mol. The van der Waals surface area contributed by atoms with Gasteiger partial charge in [-0.25, -0.2) is 14.8 Å². The van der Waals surface area contributed by atoms with Crippen molar-refractivity contribution in [2.45, 2.75) is 0 Å². The van der Waals surface area contributed by atoms with Crippen LogP contribution in [0.4, 0.5) is 0 Å². The van der Waals surface area contributed by atoms with Crippen LogP contribution >= 0.6 is 34.5 Å². The lowest BCUT2D eigenvalue weighted by atomic mass is 10.2. The Morgan fingerprint density at radius 3 is 2.81 bits per heavy atom. The van der Waals surface area contributed by atoms with Crippen molar-refractivity contribution in [1.82, 2.24) is 9.97 Å². The van der Waals surface area contributed by atoms with Gasteiger partial charge in [-0.2, -0.15) is 0 Å². The molecule has 0 bridgehead atoms. The van der Waals surface area contributed by atoms with Gasteiger partial charge in [0.1, 0.15) is 5.01 Å². The predicted octanol–water partition coefficient (Wildman–Crippen LogP) is 4.86. The van der Waals surface area contributed by atoms with Crippen LogP contribution < -0.4 is 0 Å². The first-order valence-electron chi connectivity index (χ1n) is 7.45. The molecule has 128 valence electrons. The minimum Gasteiger partial charge on any atom is -0.402 e. The molecule has 0 aliphatic carbocycles. The second kappa shape index (κ2) is 6.99. The summed E-state index contributed by atoms with van der Waals surface area (Å²) in [7, 11) is 0. The Labute approximate surface area is 162 Å². The van der Waals surface area contributed by atoms with Crippen molar-refractivity contribution in [3.05, 3.63) is 75.0 Å². The third-order valence-corrected chi connectivity index (χ3v) is 4.90. The van der Waals surface area contributed by atoms with Crippen LogP contribution in [0.5, 0.6) is 0 Å². The van der Waals surface area contributed by atoms with Gasteiger partial charge < -0.3 is 4.74 Å². The number of aromatic nitrogens is 2. The van der Waals surface area contributed by atoms with Gasteiger partial charge >= 0.3 is 5.97 Å². The van der Waals surface area contributed by atoms with Crippen LogP contribution in [0, 0.1) is 0 Å². The number of carbonyl (C=O) groups is 1. The zero-order valence-corrected chi connectivity index (χ0v) is 15.3. The van der Waals surface area contributed by atoms with E-state index in [1.807, 2.05) is 23.6 Å². The predicted molar refractivity (Wildman–Crippen MR) is 102 cm³/mol. The summed E-state index contributed by atoms with van der Waals surface area (Å²) in [4.78, 5) is 25.1. The molecule has 0 atom stereocenters. The highest BCUT2D eigenvalue weighted by Gasteiger charge is 2.26. The van der Waals surface area contributed by atoms with E-state index in [0.717, 1.165) is 10.7 Å².